The number of hydrogen-bond donors (Lipinski definition) is 1. The van der Waals surface area contributed by atoms with E-state index >= 15 is 0 Å². The molecular formula is C13H21NO4S. The topological polar surface area (TPSA) is 64.6 Å². The van der Waals surface area contributed by atoms with Crippen molar-refractivity contribution in [3.63, 3.8) is 0 Å². The number of hydrogen-bond acceptors (Lipinski definition) is 4. The van der Waals surface area contributed by atoms with Gasteiger partial charge in [-0.1, -0.05) is 6.92 Å². The first-order chi connectivity index (χ1) is 8.96. The zero-order valence-electron chi connectivity index (χ0n) is 11.8. The summed E-state index contributed by atoms with van der Waals surface area (Å²) < 4.78 is 37.6. The highest BCUT2D eigenvalue weighted by Crippen LogP contribution is 2.31. The van der Waals surface area contributed by atoms with E-state index in [0.717, 1.165) is 5.56 Å². The Kier molecular flexibility index (Phi) is 5.62. The van der Waals surface area contributed by atoms with Gasteiger partial charge in [-0.15, -0.1) is 0 Å². The predicted octanol–water partition coefficient (Wildman–Crippen LogP) is 2.09. The van der Waals surface area contributed by atoms with Gasteiger partial charge in [0, 0.05) is 12.6 Å². The minimum Gasteiger partial charge on any atom is -0.494 e. The average Bonchev–Trinajstić information content (AvgIpc) is 2.32. The van der Waals surface area contributed by atoms with Crippen LogP contribution in [-0.2, 0) is 10.0 Å². The molecule has 0 aromatic heterocycles. The molecule has 0 aliphatic carbocycles. The third-order valence-electron chi connectivity index (χ3n) is 2.46. The SMILES string of the molecule is CCNS(=O)(=O)c1cc(OCC)c(C)cc1OCC. The van der Waals surface area contributed by atoms with E-state index in [2.05, 4.69) is 4.72 Å². The van der Waals surface area contributed by atoms with Gasteiger partial charge in [0.2, 0.25) is 10.0 Å². The smallest absolute Gasteiger partial charge is 0.244 e. The second-order valence-electron chi connectivity index (χ2n) is 3.93. The monoisotopic (exact) mass is 287 g/mol. The van der Waals surface area contributed by atoms with E-state index in [9.17, 15) is 8.42 Å². The van der Waals surface area contributed by atoms with E-state index in [-0.39, 0.29) is 4.90 Å². The van der Waals surface area contributed by atoms with Gasteiger partial charge in [-0.2, -0.15) is 0 Å². The third kappa shape index (κ3) is 3.84. The van der Waals surface area contributed by atoms with Crippen LogP contribution in [0, 0.1) is 6.92 Å². The van der Waals surface area contributed by atoms with Gasteiger partial charge in [0.1, 0.15) is 16.4 Å². The molecule has 0 spiro atoms. The van der Waals surface area contributed by atoms with E-state index in [1.165, 1.54) is 6.07 Å². The van der Waals surface area contributed by atoms with Crippen molar-refractivity contribution in [3.05, 3.63) is 17.7 Å². The fraction of sp³-hybridized carbons (Fsp3) is 0.538. The molecule has 5 nitrogen and oxygen atoms in total. The van der Waals surface area contributed by atoms with Gasteiger partial charge in [-0.25, -0.2) is 13.1 Å². The van der Waals surface area contributed by atoms with Crippen LogP contribution in [0.5, 0.6) is 11.5 Å². The van der Waals surface area contributed by atoms with E-state index in [0.29, 0.717) is 31.3 Å². The highest BCUT2D eigenvalue weighted by atomic mass is 32.2. The summed E-state index contributed by atoms with van der Waals surface area (Å²) in [6.07, 6.45) is 0. The Bertz CT molecular complexity index is 526. The lowest BCUT2D eigenvalue weighted by molar-refractivity contribution is 0.320. The molecule has 1 aromatic rings. The van der Waals surface area contributed by atoms with Crippen LogP contribution >= 0.6 is 0 Å². The second kappa shape index (κ2) is 6.77. The van der Waals surface area contributed by atoms with Crippen molar-refractivity contribution in [2.75, 3.05) is 19.8 Å². The van der Waals surface area contributed by atoms with Crippen LogP contribution in [0.2, 0.25) is 0 Å². The van der Waals surface area contributed by atoms with Gasteiger partial charge >= 0.3 is 0 Å². The molecule has 1 N–H and O–H groups in total. The predicted molar refractivity (Wildman–Crippen MR) is 74.4 cm³/mol. The summed E-state index contributed by atoms with van der Waals surface area (Å²) >= 11 is 0. The molecule has 0 bridgehead atoms. The highest BCUT2D eigenvalue weighted by Gasteiger charge is 2.21. The minimum atomic E-state index is -3.58. The summed E-state index contributed by atoms with van der Waals surface area (Å²) in [4.78, 5) is 0.116. The van der Waals surface area contributed by atoms with Crippen LogP contribution in [-0.4, -0.2) is 28.2 Å². The molecule has 0 radical (unpaired) electrons. The van der Waals surface area contributed by atoms with E-state index in [1.54, 1.807) is 13.0 Å². The molecule has 0 fully saturated rings. The molecule has 0 saturated heterocycles. The Morgan fingerprint density at radius 2 is 1.63 bits per heavy atom. The lowest BCUT2D eigenvalue weighted by atomic mass is 10.2. The zero-order valence-corrected chi connectivity index (χ0v) is 12.6. The van der Waals surface area contributed by atoms with Gasteiger partial charge in [-0.05, 0) is 32.4 Å². The molecular weight excluding hydrogens is 266 g/mol. The van der Waals surface area contributed by atoms with Crippen LogP contribution in [0.3, 0.4) is 0 Å². The van der Waals surface area contributed by atoms with Crippen molar-refractivity contribution in [2.24, 2.45) is 0 Å². The van der Waals surface area contributed by atoms with E-state index in [1.807, 2.05) is 20.8 Å². The van der Waals surface area contributed by atoms with Crippen LogP contribution in [0.15, 0.2) is 17.0 Å². The van der Waals surface area contributed by atoms with Gasteiger partial charge < -0.3 is 9.47 Å². The number of aryl methyl sites for hydroxylation is 1. The zero-order chi connectivity index (χ0) is 14.5. The van der Waals surface area contributed by atoms with Crippen LogP contribution < -0.4 is 14.2 Å². The number of rotatable bonds is 7. The maximum atomic E-state index is 12.1. The summed E-state index contributed by atoms with van der Waals surface area (Å²) in [5, 5.41) is 0. The average molecular weight is 287 g/mol. The molecule has 6 heteroatoms. The van der Waals surface area contributed by atoms with Crippen LogP contribution in [0.1, 0.15) is 26.3 Å². The van der Waals surface area contributed by atoms with Crippen molar-refractivity contribution >= 4 is 10.0 Å². The normalized spacial score (nSPS) is 11.4. The standard InChI is InChI=1S/C13H21NO4S/c1-5-14-19(15,16)13-9-11(17-6-2)10(4)8-12(13)18-7-3/h8-9,14H,5-7H2,1-4H3. The molecule has 0 amide bonds. The second-order valence-corrected chi connectivity index (χ2v) is 5.67. The Labute approximate surface area is 115 Å². The number of sulfonamides is 1. The van der Waals surface area contributed by atoms with E-state index < -0.39 is 10.0 Å². The van der Waals surface area contributed by atoms with Crippen molar-refractivity contribution < 1.29 is 17.9 Å². The molecule has 0 heterocycles. The maximum absolute atomic E-state index is 12.1. The lowest BCUT2D eigenvalue weighted by Crippen LogP contribution is -2.24. The molecule has 0 atom stereocenters. The third-order valence-corrected chi connectivity index (χ3v) is 4.03. The molecule has 1 aromatic carbocycles. The summed E-state index contributed by atoms with van der Waals surface area (Å²) in [6, 6.07) is 3.21. The first kappa shape index (κ1) is 15.8. The molecule has 0 saturated carbocycles. The van der Waals surface area contributed by atoms with Gasteiger partial charge in [0.25, 0.3) is 0 Å². The van der Waals surface area contributed by atoms with E-state index in [4.69, 9.17) is 9.47 Å². The number of nitrogens with one attached hydrogen (secondary N) is 1. The molecule has 0 aliphatic rings. The first-order valence-corrected chi connectivity index (χ1v) is 7.84. The largest absolute Gasteiger partial charge is 0.494 e. The van der Waals surface area contributed by atoms with Gasteiger partial charge in [-0.3, -0.25) is 0 Å². The Hall–Kier alpha value is -1.27. The van der Waals surface area contributed by atoms with Crippen molar-refractivity contribution in [1.82, 2.24) is 4.72 Å². The summed E-state index contributed by atoms with van der Waals surface area (Å²) in [5.41, 5.74) is 0.848. The molecule has 108 valence electrons. The number of benzene rings is 1. The van der Waals surface area contributed by atoms with Crippen molar-refractivity contribution in [3.8, 4) is 11.5 Å². The lowest BCUT2D eigenvalue weighted by Gasteiger charge is -2.15. The van der Waals surface area contributed by atoms with Crippen molar-refractivity contribution in [1.29, 1.82) is 0 Å². The quantitative estimate of drug-likeness (QED) is 0.834. The summed E-state index contributed by atoms with van der Waals surface area (Å²) in [6.45, 7) is 8.47. The van der Waals surface area contributed by atoms with Gasteiger partial charge in [0.15, 0.2) is 0 Å². The Morgan fingerprint density at radius 3 is 2.16 bits per heavy atom. The fourth-order valence-corrected chi connectivity index (χ4v) is 2.88. The highest BCUT2D eigenvalue weighted by molar-refractivity contribution is 7.89. The minimum absolute atomic E-state index is 0.116. The maximum Gasteiger partial charge on any atom is 0.244 e. The summed E-state index contributed by atoms with van der Waals surface area (Å²) in [5.74, 6) is 0.909. The Morgan fingerprint density at radius 1 is 1.05 bits per heavy atom. The van der Waals surface area contributed by atoms with Crippen LogP contribution in [0.25, 0.3) is 0 Å². The molecule has 0 unspecified atom stereocenters. The molecule has 19 heavy (non-hydrogen) atoms. The number of ether oxygens (including phenoxy) is 2. The molecule has 0 aliphatic heterocycles. The molecule has 1 rings (SSSR count). The van der Waals surface area contributed by atoms with Gasteiger partial charge in [0.05, 0.1) is 13.2 Å². The fourth-order valence-electron chi connectivity index (χ4n) is 1.70. The Balaban J connectivity index is 3.36. The van der Waals surface area contributed by atoms with Crippen molar-refractivity contribution in [2.45, 2.75) is 32.6 Å². The van der Waals surface area contributed by atoms with Crippen LogP contribution in [0.4, 0.5) is 0 Å². The summed E-state index contributed by atoms with van der Waals surface area (Å²) in [7, 11) is -3.58. The first-order valence-electron chi connectivity index (χ1n) is 6.36.